The molecule has 112 valence electrons. The average Bonchev–Trinajstić information content (AvgIpc) is 2.67. The number of hydrogen-bond acceptors (Lipinski definition) is 5. The van der Waals surface area contributed by atoms with E-state index in [1.165, 1.54) is 0 Å². The van der Waals surface area contributed by atoms with Crippen LogP contribution in [-0.4, -0.2) is 33.3 Å². The summed E-state index contributed by atoms with van der Waals surface area (Å²) in [7, 11) is 1.77. The van der Waals surface area contributed by atoms with Gasteiger partial charge in [0.15, 0.2) is 0 Å². The van der Waals surface area contributed by atoms with Crippen LogP contribution >= 0.6 is 0 Å². The normalized spacial score (nSPS) is 23.4. The number of anilines is 1. The van der Waals surface area contributed by atoms with Gasteiger partial charge in [-0.05, 0) is 19.8 Å². The largest absolute Gasteiger partial charge is 0.348 e. The van der Waals surface area contributed by atoms with Crippen molar-refractivity contribution in [2.75, 3.05) is 11.4 Å². The Balaban J connectivity index is 2.48. The van der Waals surface area contributed by atoms with Crippen molar-refractivity contribution in [2.24, 2.45) is 12.8 Å². The topological polar surface area (TPSA) is 90.2 Å². The molecule has 1 aromatic rings. The summed E-state index contributed by atoms with van der Waals surface area (Å²) in [6.45, 7) is 6.65. The molecule has 0 aromatic carbocycles. The van der Waals surface area contributed by atoms with Gasteiger partial charge in [-0.15, -0.1) is 0 Å². The standard InChI is InChI=1S/C13H23N5O2/c1-8(2)11-12(18(19)20)13(16(4)15-11)17-6-5-10(14)7-9(17)3/h8-10H,5-7,14H2,1-4H3. The Labute approximate surface area is 118 Å². The quantitative estimate of drug-likeness (QED) is 0.673. The van der Waals surface area contributed by atoms with Crippen molar-refractivity contribution in [3.05, 3.63) is 15.8 Å². The number of rotatable bonds is 3. The van der Waals surface area contributed by atoms with E-state index in [1.807, 2.05) is 13.8 Å². The Hall–Kier alpha value is -1.63. The minimum Gasteiger partial charge on any atom is -0.348 e. The van der Waals surface area contributed by atoms with Gasteiger partial charge < -0.3 is 10.6 Å². The van der Waals surface area contributed by atoms with Crippen LogP contribution in [0.1, 0.15) is 45.2 Å². The van der Waals surface area contributed by atoms with Gasteiger partial charge in [-0.25, -0.2) is 4.68 Å². The monoisotopic (exact) mass is 281 g/mol. The average molecular weight is 281 g/mol. The summed E-state index contributed by atoms with van der Waals surface area (Å²) in [4.78, 5) is 13.2. The number of piperidine rings is 1. The SMILES string of the molecule is CC(C)c1nn(C)c(N2CCC(N)CC2C)c1[N+](=O)[O-]. The fourth-order valence-electron chi connectivity index (χ4n) is 2.93. The second kappa shape index (κ2) is 5.40. The molecule has 0 aliphatic carbocycles. The Morgan fingerprint density at radius 2 is 2.15 bits per heavy atom. The minimum atomic E-state index is -0.307. The van der Waals surface area contributed by atoms with Crippen molar-refractivity contribution in [1.82, 2.24) is 9.78 Å². The van der Waals surface area contributed by atoms with E-state index in [0.717, 1.165) is 19.4 Å². The maximum absolute atomic E-state index is 11.5. The Morgan fingerprint density at radius 1 is 1.50 bits per heavy atom. The van der Waals surface area contributed by atoms with E-state index in [-0.39, 0.29) is 28.6 Å². The number of nitrogens with two attached hydrogens (primary N) is 1. The summed E-state index contributed by atoms with van der Waals surface area (Å²) in [5, 5.41) is 15.8. The van der Waals surface area contributed by atoms with E-state index in [4.69, 9.17) is 5.73 Å². The summed E-state index contributed by atoms with van der Waals surface area (Å²) < 4.78 is 1.64. The summed E-state index contributed by atoms with van der Waals surface area (Å²) in [6, 6.07) is 0.367. The maximum atomic E-state index is 11.5. The molecule has 0 amide bonds. The van der Waals surface area contributed by atoms with Gasteiger partial charge in [0.05, 0.1) is 4.92 Å². The molecule has 0 spiro atoms. The number of hydrogen-bond donors (Lipinski definition) is 1. The molecular formula is C13H23N5O2. The van der Waals surface area contributed by atoms with Crippen LogP contribution in [0.25, 0.3) is 0 Å². The van der Waals surface area contributed by atoms with E-state index >= 15 is 0 Å². The summed E-state index contributed by atoms with van der Waals surface area (Å²) >= 11 is 0. The lowest BCUT2D eigenvalue weighted by Crippen LogP contribution is -2.46. The third-order valence-electron chi connectivity index (χ3n) is 3.94. The zero-order chi connectivity index (χ0) is 15.0. The summed E-state index contributed by atoms with van der Waals surface area (Å²) in [6.07, 6.45) is 1.70. The van der Waals surface area contributed by atoms with Crippen LogP contribution < -0.4 is 10.6 Å². The predicted molar refractivity (Wildman–Crippen MR) is 78.0 cm³/mol. The molecule has 2 rings (SSSR count). The number of aromatic nitrogens is 2. The van der Waals surface area contributed by atoms with Gasteiger partial charge in [-0.2, -0.15) is 5.10 Å². The van der Waals surface area contributed by atoms with Crippen LogP contribution in [0.4, 0.5) is 11.5 Å². The number of aryl methyl sites for hydroxylation is 1. The van der Waals surface area contributed by atoms with Crippen molar-refractivity contribution in [3.8, 4) is 0 Å². The Morgan fingerprint density at radius 3 is 2.65 bits per heavy atom. The van der Waals surface area contributed by atoms with Crippen molar-refractivity contribution in [3.63, 3.8) is 0 Å². The zero-order valence-corrected chi connectivity index (χ0v) is 12.5. The molecule has 2 N–H and O–H groups in total. The molecule has 1 aromatic heterocycles. The molecule has 1 fully saturated rings. The van der Waals surface area contributed by atoms with Crippen LogP contribution in [0.5, 0.6) is 0 Å². The predicted octanol–water partition coefficient (Wildman–Crippen LogP) is 1.77. The zero-order valence-electron chi connectivity index (χ0n) is 12.5. The lowest BCUT2D eigenvalue weighted by Gasteiger charge is -2.37. The second-order valence-electron chi connectivity index (χ2n) is 5.92. The highest BCUT2D eigenvalue weighted by molar-refractivity contribution is 5.63. The molecule has 1 saturated heterocycles. The second-order valence-corrected chi connectivity index (χ2v) is 5.92. The molecule has 7 nitrogen and oxygen atoms in total. The van der Waals surface area contributed by atoms with Crippen molar-refractivity contribution in [2.45, 2.75) is 51.6 Å². The van der Waals surface area contributed by atoms with E-state index in [1.54, 1.807) is 11.7 Å². The van der Waals surface area contributed by atoms with Gasteiger partial charge in [0.2, 0.25) is 5.82 Å². The van der Waals surface area contributed by atoms with Crippen LogP contribution in [0.15, 0.2) is 0 Å². The molecule has 1 aliphatic rings. The van der Waals surface area contributed by atoms with Gasteiger partial charge in [0.1, 0.15) is 5.69 Å². The molecular weight excluding hydrogens is 258 g/mol. The smallest absolute Gasteiger partial charge is 0.334 e. The van der Waals surface area contributed by atoms with Gasteiger partial charge in [-0.3, -0.25) is 10.1 Å². The summed E-state index contributed by atoms with van der Waals surface area (Å²) in [5.41, 5.74) is 6.67. The first kappa shape index (κ1) is 14.8. The first-order valence-electron chi connectivity index (χ1n) is 7.06. The van der Waals surface area contributed by atoms with E-state index in [2.05, 4.69) is 16.9 Å². The van der Waals surface area contributed by atoms with Gasteiger partial charge in [0.25, 0.3) is 0 Å². The Kier molecular flexibility index (Phi) is 3.99. The van der Waals surface area contributed by atoms with Crippen LogP contribution in [0.3, 0.4) is 0 Å². The third-order valence-corrected chi connectivity index (χ3v) is 3.94. The molecule has 2 atom stereocenters. The molecule has 0 saturated carbocycles. The van der Waals surface area contributed by atoms with Crippen molar-refractivity contribution < 1.29 is 4.92 Å². The molecule has 0 radical (unpaired) electrons. The van der Waals surface area contributed by atoms with E-state index in [9.17, 15) is 10.1 Å². The van der Waals surface area contributed by atoms with Gasteiger partial charge in [-0.1, -0.05) is 13.8 Å². The third kappa shape index (κ3) is 2.49. The number of nitrogens with zero attached hydrogens (tertiary/aromatic N) is 4. The van der Waals surface area contributed by atoms with Crippen LogP contribution in [0.2, 0.25) is 0 Å². The highest BCUT2D eigenvalue weighted by Gasteiger charge is 2.35. The molecule has 7 heteroatoms. The minimum absolute atomic E-state index is 0.0257. The van der Waals surface area contributed by atoms with E-state index < -0.39 is 0 Å². The lowest BCUT2D eigenvalue weighted by molar-refractivity contribution is -0.385. The molecule has 0 bridgehead atoms. The summed E-state index contributed by atoms with van der Waals surface area (Å²) in [5.74, 6) is 0.635. The van der Waals surface area contributed by atoms with Crippen LogP contribution in [-0.2, 0) is 7.05 Å². The fourth-order valence-corrected chi connectivity index (χ4v) is 2.93. The first-order chi connectivity index (χ1) is 9.32. The van der Waals surface area contributed by atoms with Gasteiger partial charge in [0, 0.05) is 31.6 Å². The van der Waals surface area contributed by atoms with Crippen molar-refractivity contribution >= 4 is 11.5 Å². The first-order valence-corrected chi connectivity index (χ1v) is 7.06. The van der Waals surface area contributed by atoms with Crippen LogP contribution in [0, 0.1) is 10.1 Å². The molecule has 1 aliphatic heterocycles. The van der Waals surface area contributed by atoms with Gasteiger partial charge >= 0.3 is 5.69 Å². The van der Waals surface area contributed by atoms with Crippen molar-refractivity contribution in [1.29, 1.82) is 0 Å². The van der Waals surface area contributed by atoms with E-state index in [0.29, 0.717) is 11.5 Å². The molecule has 20 heavy (non-hydrogen) atoms. The fraction of sp³-hybridized carbons (Fsp3) is 0.769. The highest BCUT2D eigenvalue weighted by Crippen LogP contribution is 2.37. The Bertz CT molecular complexity index is 511. The molecule has 2 heterocycles. The highest BCUT2D eigenvalue weighted by atomic mass is 16.6. The lowest BCUT2D eigenvalue weighted by atomic mass is 9.99. The molecule has 2 unspecified atom stereocenters. The maximum Gasteiger partial charge on any atom is 0.334 e. The number of nitro groups is 1.